The molecular weight excluding hydrogens is 412 g/mol. The van der Waals surface area contributed by atoms with Crippen LogP contribution in [0.2, 0.25) is 0 Å². The van der Waals surface area contributed by atoms with Crippen LogP contribution in [0, 0.1) is 0 Å². The van der Waals surface area contributed by atoms with E-state index in [0.29, 0.717) is 5.75 Å². The molecule has 0 spiro atoms. The zero-order chi connectivity index (χ0) is 20.6. The number of nitrogens with one attached hydrogen (secondary N) is 1. The quantitative estimate of drug-likeness (QED) is 0.255. The highest BCUT2D eigenvalue weighted by Gasteiger charge is 2.08. The number of amides is 1. The molecule has 0 aliphatic rings. The number of hydrogen-bond acceptors (Lipinski definition) is 6. The van der Waals surface area contributed by atoms with Crippen LogP contribution in [0.4, 0.5) is 17.1 Å². The van der Waals surface area contributed by atoms with Gasteiger partial charge in [0.05, 0.1) is 22.8 Å². The monoisotopic (exact) mass is 430 g/mol. The fourth-order valence-electron chi connectivity index (χ4n) is 2.61. The summed E-state index contributed by atoms with van der Waals surface area (Å²) in [6.07, 6.45) is 0. The maximum absolute atomic E-state index is 12.3. The lowest BCUT2D eigenvalue weighted by Gasteiger charge is -2.04. The third-order valence-electron chi connectivity index (χ3n) is 4.07. The van der Waals surface area contributed by atoms with Gasteiger partial charge in [0.25, 0.3) is 0 Å². The van der Waals surface area contributed by atoms with Gasteiger partial charge in [-0.05, 0) is 36.4 Å². The number of carbonyl (C=O) groups excluding carboxylic acids is 1. The molecule has 4 aromatic rings. The van der Waals surface area contributed by atoms with E-state index in [-0.39, 0.29) is 5.91 Å². The van der Waals surface area contributed by atoms with Gasteiger partial charge in [0.1, 0.15) is 0 Å². The Bertz CT molecular complexity index is 1130. The number of rotatable bonds is 7. The van der Waals surface area contributed by atoms with Crippen molar-refractivity contribution in [3.8, 4) is 11.3 Å². The van der Waals surface area contributed by atoms with E-state index in [9.17, 15) is 4.79 Å². The molecule has 1 amide bonds. The van der Waals surface area contributed by atoms with Crippen molar-refractivity contribution in [3.05, 3.63) is 90.3 Å². The number of aromatic nitrogens is 1. The van der Waals surface area contributed by atoms with Crippen molar-refractivity contribution >= 4 is 46.1 Å². The van der Waals surface area contributed by atoms with Gasteiger partial charge >= 0.3 is 0 Å². The molecule has 3 aromatic carbocycles. The Morgan fingerprint density at radius 3 is 2.20 bits per heavy atom. The SMILES string of the molecule is O=C(CSc1nc(-c2ccccc2)cs1)Nc1ccc(N=Nc2ccccc2)cc1. The summed E-state index contributed by atoms with van der Waals surface area (Å²) in [5, 5.41) is 13.3. The lowest BCUT2D eigenvalue weighted by Crippen LogP contribution is -2.13. The normalized spacial score (nSPS) is 10.9. The lowest BCUT2D eigenvalue weighted by atomic mass is 10.2. The van der Waals surface area contributed by atoms with Gasteiger partial charge in [0, 0.05) is 16.6 Å². The maximum Gasteiger partial charge on any atom is 0.234 e. The summed E-state index contributed by atoms with van der Waals surface area (Å²) in [5.41, 5.74) is 4.26. The Balaban J connectivity index is 1.28. The smallest absolute Gasteiger partial charge is 0.234 e. The predicted molar refractivity (Wildman–Crippen MR) is 124 cm³/mol. The average molecular weight is 431 g/mol. The minimum atomic E-state index is -0.0740. The fourth-order valence-corrected chi connectivity index (χ4v) is 4.25. The zero-order valence-corrected chi connectivity index (χ0v) is 17.6. The lowest BCUT2D eigenvalue weighted by molar-refractivity contribution is -0.113. The van der Waals surface area contributed by atoms with Gasteiger partial charge in [0.15, 0.2) is 4.34 Å². The molecule has 0 aliphatic heterocycles. The second-order valence-electron chi connectivity index (χ2n) is 6.28. The van der Waals surface area contributed by atoms with Gasteiger partial charge in [-0.25, -0.2) is 4.98 Å². The van der Waals surface area contributed by atoms with E-state index < -0.39 is 0 Å². The number of anilines is 1. The molecular formula is C23H18N4OS2. The van der Waals surface area contributed by atoms with Crippen LogP contribution in [-0.2, 0) is 4.79 Å². The molecule has 1 N–H and O–H groups in total. The Hall–Kier alpha value is -3.29. The molecule has 0 unspecified atom stereocenters. The van der Waals surface area contributed by atoms with Crippen molar-refractivity contribution in [2.75, 3.05) is 11.1 Å². The Labute approximate surface area is 182 Å². The highest BCUT2D eigenvalue weighted by atomic mass is 32.2. The first-order chi connectivity index (χ1) is 14.8. The molecule has 7 heteroatoms. The summed E-state index contributed by atoms with van der Waals surface area (Å²) in [5.74, 6) is 0.229. The van der Waals surface area contributed by atoms with Crippen LogP contribution in [0.1, 0.15) is 0 Å². The van der Waals surface area contributed by atoms with Crippen LogP contribution >= 0.6 is 23.1 Å². The summed E-state index contributed by atoms with van der Waals surface area (Å²) in [6, 6.07) is 26.8. The molecule has 0 bridgehead atoms. The summed E-state index contributed by atoms with van der Waals surface area (Å²) in [4.78, 5) is 16.9. The van der Waals surface area contributed by atoms with Crippen molar-refractivity contribution in [2.45, 2.75) is 4.34 Å². The average Bonchev–Trinajstić information content (AvgIpc) is 3.28. The first-order valence-corrected chi connectivity index (χ1v) is 11.1. The second-order valence-corrected chi connectivity index (χ2v) is 8.36. The van der Waals surface area contributed by atoms with Crippen LogP contribution in [0.3, 0.4) is 0 Å². The number of hydrogen-bond donors (Lipinski definition) is 1. The molecule has 0 atom stereocenters. The Kier molecular flexibility index (Phi) is 6.64. The van der Waals surface area contributed by atoms with Crippen molar-refractivity contribution in [1.82, 2.24) is 4.98 Å². The van der Waals surface area contributed by atoms with E-state index in [1.807, 2.05) is 90.3 Å². The third-order valence-corrected chi connectivity index (χ3v) is 6.09. The minimum absolute atomic E-state index is 0.0740. The van der Waals surface area contributed by atoms with E-state index >= 15 is 0 Å². The number of thioether (sulfide) groups is 1. The van der Waals surface area contributed by atoms with E-state index in [1.165, 1.54) is 11.8 Å². The van der Waals surface area contributed by atoms with Crippen LogP contribution in [0.5, 0.6) is 0 Å². The molecule has 0 fully saturated rings. The summed E-state index contributed by atoms with van der Waals surface area (Å²) in [6.45, 7) is 0. The van der Waals surface area contributed by atoms with Crippen LogP contribution in [0.15, 0.2) is 105 Å². The van der Waals surface area contributed by atoms with E-state index in [2.05, 4.69) is 20.5 Å². The van der Waals surface area contributed by atoms with Gasteiger partial charge in [-0.3, -0.25) is 4.79 Å². The van der Waals surface area contributed by atoms with Crippen LogP contribution in [0.25, 0.3) is 11.3 Å². The molecule has 148 valence electrons. The van der Waals surface area contributed by atoms with Crippen LogP contribution < -0.4 is 5.32 Å². The third kappa shape index (κ3) is 5.62. The van der Waals surface area contributed by atoms with Gasteiger partial charge < -0.3 is 5.32 Å². The second kappa shape index (κ2) is 9.96. The zero-order valence-electron chi connectivity index (χ0n) is 15.9. The molecule has 0 radical (unpaired) electrons. The number of azo groups is 1. The summed E-state index contributed by atoms with van der Waals surface area (Å²) < 4.78 is 0.876. The maximum atomic E-state index is 12.3. The van der Waals surface area contributed by atoms with Crippen molar-refractivity contribution in [1.29, 1.82) is 0 Å². The Morgan fingerprint density at radius 2 is 1.50 bits per heavy atom. The van der Waals surface area contributed by atoms with Gasteiger partial charge in [-0.2, -0.15) is 10.2 Å². The number of nitrogens with zero attached hydrogens (tertiary/aromatic N) is 3. The largest absolute Gasteiger partial charge is 0.325 e. The topological polar surface area (TPSA) is 66.7 Å². The molecule has 1 heterocycles. The van der Waals surface area contributed by atoms with Gasteiger partial charge in [0.2, 0.25) is 5.91 Å². The van der Waals surface area contributed by atoms with E-state index in [1.54, 1.807) is 11.3 Å². The van der Waals surface area contributed by atoms with Crippen molar-refractivity contribution in [2.24, 2.45) is 10.2 Å². The highest BCUT2D eigenvalue weighted by molar-refractivity contribution is 8.01. The summed E-state index contributed by atoms with van der Waals surface area (Å²) >= 11 is 2.98. The number of carbonyl (C=O) groups is 1. The fraction of sp³-hybridized carbons (Fsp3) is 0.0435. The minimum Gasteiger partial charge on any atom is -0.325 e. The van der Waals surface area contributed by atoms with Crippen LogP contribution in [-0.4, -0.2) is 16.6 Å². The highest BCUT2D eigenvalue weighted by Crippen LogP contribution is 2.28. The molecule has 30 heavy (non-hydrogen) atoms. The molecule has 0 saturated heterocycles. The van der Waals surface area contributed by atoms with E-state index in [0.717, 1.165) is 32.7 Å². The first-order valence-electron chi connectivity index (χ1n) is 9.27. The van der Waals surface area contributed by atoms with Crippen molar-refractivity contribution in [3.63, 3.8) is 0 Å². The van der Waals surface area contributed by atoms with Gasteiger partial charge in [-0.1, -0.05) is 60.3 Å². The molecule has 1 aromatic heterocycles. The van der Waals surface area contributed by atoms with Crippen molar-refractivity contribution < 1.29 is 4.79 Å². The predicted octanol–water partition coefficient (Wildman–Crippen LogP) is 6.96. The van der Waals surface area contributed by atoms with Gasteiger partial charge in [-0.15, -0.1) is 11.3 Å². The van der Waals surface area contributed by atoms with E-state index in [4.69, 9.17) is 0 Å². The first kappa shape index (κ1) is 20.0. The number of thiazole rings is 1. The molecule has 5 nitrogen and oxygen atoms in total. The standard InChI is InChI=1S/C23H18N4OS2/c28-22(16-30-23-25-21(15-29-23)17-7-3-1-4-8-17)24-18-11-13-20(14-12-18)27-26-19-9-5-2-6-10-19/h1-15H,16H2,(H,24,28). The molecule has 0 saturated carbocycles. The summed E-state index contributed by atoms with van der Waals surface area (Å²) in [7, 11) is 0. The number of benzene rings is 3. The molecule has 4 rings (SSSR count). The molecule has 0 aliphatic carbocycles. The Morgan fingerprint density at radius 1 is 0.867 bits per heavy atom.